The van der Waals surface area contributed by atoms with Crippen LogP contribution in [0.2, 0.25) is 0 Å². The summed E-state index contributed by atoms with van der Waals surface area (Å²) in [5, 5.41) is 19.9. The van der Waals surface area contributed by atoms with Gasteiger partial charge in [-0.25, -0.2) is 20.2 Å². The van der Waals surface area contributed by atoms with Gasteiger partial charge >= 0.3 is 0 Å². The molecule has 30 heavy (non-hydrogen) atoms. The van der Waals surface area contributed by atoms with E-state index in [2.05, 4.69) is 34.6 Å². The zero-order chi connectivity index (χ0) is 21.9. The molecule has 11 heteroatoms. The molecule has 0 atom stereocenters. The lowest BCUT2D eigenvalue weighted by Gasteiger charge is -2.03. The van der Waals surface area contributed by atoms with Crippen LogP contribution >= 0.6 is 12.0 Å². The van der Waals surface area contributed by atoms with Crippen molar-refractivity contribution in [2.24, 2.45) is 10.2 Å². The van der Waals surface area contributed by atoms with Crippen molar-refractivity contribution in [1.82, 2.24) is 15.0 Å². The number of rotatable bonds is 6. The summed E-state index contributed by atoms with van der Waals surface area (Å²) >= 11 is 0.854. The largest absolute Gasteiger partial charge is 0.495 e. The molecule has 3 rings (SSSR count). The van der Waals surface area contributed by atoms with Crippen molar-refractivity contribution < 1.29 is 19.4 Å². The minimum Gasteiger partial charge on any atom is -0.495 e. The summed E-state index contributed by atoms with van der Waals surface area (Å²) in [4.78, 5) is 12.7. The first-order chi connectivity index (χ1) is 14.4. The van der Waals surface area contributed by atoms with Crippen LogP contribution in [0.1, 0.15) is 17.5 Å². The number of nitrogens with two attached hydrogens (primary N) is 1. The van der Waals surface area contributed by atoms with Crippen LogP contribution in [-0.4, -0.2) is 27.3 Å². The number of hydrogen-bond acceptors (Lipinski definition) is 11. The summed E-state index contributed by atoms with van der Waals surface area (Å²) in [6.45, 7) is 5.59. The number of nitrogens with zero attached hydrogens (tertiary/aromatic N) is 5. The summed E-state index contributed by atoms with van der Waals surface area (Å²) in [5.41, 5.74) is 7.51. The van der Waals surface area contributed by atoms with Crippen LogP contribution in [0.5, 0.6) is 5.75 Å². The van der Waals surface area contributed by atoms with E-state index in [-0.39, 0.29) is 0 Å². The van der Waals surface area contributed by atoms with Gasteiger partial charge in [0.2, 0.25) is 0 Å². The predicted molar refractivity (Wildman–Crippen MR) is 113 cm³/mol. The summed E-state index contributed by atoms with van der Waals surface area (Å²) in [6.07, 6.45) is 0. The molecule has 0 saturated carbocycles. The lowest BCUT2D eigenvalue weighted by molar-refractivity contribution is -0.432. The molecule has 0 radical (unpaired) electrons. The van der Waals surface area contributed by atoms with Crippen LogP contribution in [0.25, 0.3) is 0 Å². The number of nitrogen functional groups attached to an aromatic ring is 1. The van der Waals surface area contributed by atoms with Gasteiger partial charge in [-0.05, 0) is 51.1 Å². The Bertz CT molecular complexity index is 952. The number of ether oxygens (including phenoxy) is 1. The molecule has 1 aromatic heterocycles. The molecule has 0 spiro atoms. The molecule has 0 aliphatic carbocycles. The zero-order valence-electron chi connectivity index (χ0n) is 16.9. The van der Waals surface area contributed by atoms with Gasteiger partial charge in [-0.15, -0.1) is 4.33 Å². The minimum absolute atomic E-state index is 0.538. The van der Waals surface area contributed by atoms with Gasteiger partial charge in [0.1, 0.15) is 23.2 Å². The topological polar surface area (TPSA) is 137 Å². The van der Waals surface area contributed by atoms with E-state index in [1.807, 2.05) is 20.8 Å². The summed E-state index contributed by atoms with van der Waals surface area (Å²) < 4.78 is 9.47. The maximum Gasteiger partial charge on any atom is 0.143 e. The van der Waals surface area contributed by atoms with Crippen LogP contribution < -0.4 is 10.5 Å². The van der Waals surface area contributed by atoms with Crippen molar-refractivity contribution in [3.8, 4) is 5.75 Å². The molecule has 0 unspecified atom stereocenters. The van der Waals surface area contributed by atoms with Gasteiger partial charge < -0.3 is 10.5 Å². The highest BCUT2D eigenvalue weighted by molar-refractivity contribution is 7.94. The number of hydrogen-bond donors (Lipinski definition) is 2. The molecule has 158 valence electrons. The fourth-order valence-corrected chi connectivity index (χ4v) is 2.72. The molecule has 10 nitrogen and oxygen atoms in total. The third-order valence-corrected chi connectivity index (χ3v) is 4.02. The van der Waals surface area contributed by atoms with Crippen molar-refractivity contribution in [2.75, 3.05) is 12.8 Å². The molecule has 2 aromatic carbocycles. The van der Waals surface area contributed by atoms with E-state index in [4.69, 9.17) is 15.7 Å². The average molecular weight is 430 g/mol. The van der Waals surface area contributed by atoms with Gasteiger partial charge in [0.15, 0.2) is 0 Å². The monoisotopic (exact) mass is 430 g/mol. The van der Waals surface area contributed by atoms with Crippen molar-refractivity contribution >= 4 is 29.1 Å². The van der Waals surface area contributed by atoms with Crippen LogP contribution in [-0.2, 0) is 9.37 Å². The number of aryl methyl sites for hydroxylation is 3. The van der Waals surface area contributed by atoms with Gasteiger partial charge in [-0.1, -0.05) is 11.1 Å². The van der Waals surface area contributed by atoms with E-state index in [9.17, 15) is 0 Å². The third kappa shape index (κ3) is 7.72. The van der Waals surface area contributed by atoms with E-state index in [1.165, 1.54) is 7.11 Å². The van der Waals surface area contributed by atoms with Gasteiger partial charge in [0.05, 0.1) is 36.2 Å². The summed E-state index contributed by atoms with van der Waals surface area (Å²) in [5.74, 6) is 2.92. The second-order valence-electron chi connectivity index (χ2n) is 5.83. The first-order valence-electron chi connectivity index (χ1n) is 8.67. The SMILES string of the molecule is COc1cc(N=Nc2cccc(SOOO)c2)ccc1N.Cc1nc(C)nc(C)n1. The van der Waals surface area contributed by atoms with Crippen molar-refractivity contribution in [1.29, 1.82) is 0 Å². The van der Waals surface area contributed by atoms with E-state index >= 15 is 0 Å². The number of anilines is 1. The van der Waals surface area contributed by atoms with Gasteiger partial charge in [0, 0.05) is 11.0 Å². The van der Waals surface area contributed by atoms with Crippen LogP contribution in [0.15, 0.2) is 57.6 Å². The maximum atomic E-state index is 8.11. The third-order valence-electron chi connectivity index (χ3n) is 3.45. The smallest absolute Gasteiger partial charge is 0.143 e. The first-order valence-corrected chi connectivity index (χ1v) is 9.41. The van der Waals surface area contributed by atoms with Crippen molar-refractivity contribution in [2.45, 2.75) is 25.7 Å². The number of aromatic nitrogens is 3. The quantitative estimate of drug-likeness (QED) is 0.183. The molecule has 0 aliphatic rings. The van der Waals surface area contributed by atoms with Crippen LogP contribution in [0.4, 0.5) is 17.1 Å². The minimum atomic E-state index is 0.538. The number of benzene rings is 2. The van der Waals surface area contributed by atoms with E-state index in [0.717, 1.165) is 29.5 Å². The summed E-state index contributed by atoms with van der Waals surface area (Å²) in [7, 11) is 1.54. The Hall–Kier alpha value is -3.12. The Morgan fingerprint density at radius 1 is 0.900 bits per heavy atom. The number of azo groups is 1. The Labute approximate surface area is 178 Å². The van der Waals surface area contributed by atoms with Gasteiger partial charge in [-0.3, -0.25) is 0 Å². The molecule has 0 saturated heterocycles. The van der Waals surface area contributed by atoms with Crippen LogP contribution in [0, 0.1) is 20.8 Å². The van der Waals surface area contributed by atoms with E-state index in [0.29, 0.717) is 27.7 Å². The number of methoxy groups -OCH3 is 1. The fourth-order valence-electron chi connectivity index (χ4n) is 2.31. The Balaban J connectivity index is 0.000000297. The second-order valence-corrected chi connectivity index (χ2v) is 6.60. The Morgan fingerprint density at radius 3 is 2.07 bits per heavy atom. The lowest BCUT2D eigenvalue weighted by Crippen LogP contribution is -1.97. The van der Waals surface area contributed by atoms with E-state index in [1.54, 1.807) is 42.5 Å². The van der Waals surface area contributed by atoms with Gasteiger partial charge in [0.25, 0.3) is 0 Å². The second kappa shape index (κ2) is 11.8. The van der Waals surface area contributed by atoms with E-state index < -0.39 is 0 Å². The predicted octanol–water partition coefficient (Wildman–Crippen LogP) is 4.92. The first kappa shape index (κ1) is 23.2. The highest BCUT2D eigenvalue weighted by Gasteiger charge is 2.01. The maximum absolute atomic E-state index is 8.11. The molecule has 3 aromatic rings. The Kier molecular flexibility index (Phi) is 9.09. The molecule has 0 bridgehead atoms. The summed E-state index contributed by atoms with van der Waals surface area (Å²) in [6, 6.07) is 12.2. The van der Waals surface area contributed by atoms with Gasteiger partial charge in [-0.2, -0.15) is 10.2 Å². The lowest BCUT2D eigenvalue weighted by atomic mass is 10.2. The molecular weight excluding hydrogens is 408 g/mol. The Morgan fingerprint density at radius 2 is 1.50 bits per heavy atom. The average Bonchev–Trinajstić information content (AvgIpc) is 2.71. The molecule has 0 fully saturated rings. The van der Waals surface area contributed by atoms with Crippen molar-refractivity contribution in [3.63, 3.8) is 0 Å². The highest BCUT2D eigenvalue weighted by Crippen LogP contribution is 2.29. The molecule has 3 N–H and O–H groups in total. The molecule has 0 aliphatic heterocycles. The molecule has 0 amide bonds. The van der Waals surface area contributed by atoms with Crippen molar-refractivity contribution in [3.05, 3.63) is 59.9 Å². The molecular formula is C19H22N6O4S. The van der Waals surface area contributed by atoms with Crippen LogP contribution in [0.3, 0.4) is 0 Å². The molecule has 1 heterocycles. The standard InChI is InChI=1S/C13H13N3O4S.C6H9N3/c1-18-13-8-10(5-6-12(13)14)16-15-9-3-2-4-11(7-9)21-20-19-17;1-4-7-5(2)9-6(3)8-4/h2-8,17H,14H2,1H3;1-3H3. The normalized spacial score (nSPS) is 10.6. The fraction of sp³-hybridized carbons (Fsp3) is 0.211. The zero-order valence-corrected chi connectivity index (χ0v) is 17.8. The highest BCUT2D eigenvalue weighted by atomic mass is 32.2.